The van der Waals surface area contributed by atoms with E-state index in [1.165, 1.54) is 0 Å². The molecule has 0 radical (unpaired) electrons. The zero-order valence-electron chi connectivity index (χ0n) is 15.2. The molecule has 3 rings (SSSR count). The summed E-state index contributed by atoms with van der Waals surface area (Å²) < 4.78 is 11.5. The van der Waals surface area contributed by atoms with Gasteiger partial charge in [-0.15, -0.1) is 0 Å². The van der Waals surface area contributed by atoms with E-state index >= 15 is 0 Å². The summed E-state index contributed by atoms with van der Waals surface area (Å²) in [6.07, 6.45) is 2.19. The molecular weight excluding hydrogens is 326 g/mol. The van der Waals surface area contributed by atoms with Crippen molar-refractivity contribution in [2.24, 2.45) is 0 Å². The molecule has 0 spiro atoms. The monoisotopic (exact) mass is 351 g/mol. The molecule has 4 heteroatoms. The van der Waals surface area contributed by atoms with Gasteiger partial charge in [-0.2, -0.15) is 0 Å². The highest BCUT2D eigenvalue weighted by Gasteiger charge is 2.22. The quantitative estimate of drug-likeness (QED) is 0.797. The molecule has 4 nitrogen and oxygen atoms in total. The molecule has 1 unspecified atom stereocenters. The Kier molecular flexibility index (Phi) is 6.08. The lowest BCUT2D eigenvalue weighted by Gasteiger charge is -2.31. The van der Waals surface area contributed by atoms with Crippen molar-refractivity contribution < 1.29 is 14.3 Å². The molecule has 1 atom stereocenters. The molecule has 1 fully saturated rings. The Bertz CT molecular complexity index is 757. The van der Waals surface area contributed by atoms with Crippen LogP contribution in [-0.4, -0.2) is 36.6 Å². The maximum atomic E-state index is 12.7. The van der Waals surface area contributed by atoms with Crippen LogP contribution in [0.3, 0.4) is 0 Å². The molecule has 26 heavy (non-hydrogen) atoms. The van der Waals surface area contributed by atoms with E-state index in [1.54, 1.807) is 6.08 Å². The number of nitrogens with zero attached hydrogens (tertiary/aromatic N) is 1. The molecule has 0 aliphatic carbocycles. The van der Waals surface area contributed by atoms with Crippen LogP contribution in [0.25, 0.3) is 6.08 Å². The van der Waals surface area contributed by atoms with E-state index in [4.69, 9.17) is 9.47 Å². The van der Waals surface area contributed by atoms with Crippen molar-refractivity contribution in [3.05, 3.63) is 71.8 Å². The average molecular weight is 351 g/mol. The van der Waals surface area contributed by atoms with Crippen molar-refractivity contribution in [3.63, 3.8) is 0 Å². The number of hydrogen-bond donors (Lipinski definition) is 0. The summed E-state index contributed by atoms with van der Waals surface area (Å²) in [5.41, 5.74) is 2.97. The molecule has 0 saturated carbocycles. The second-order valence-electron chi connectivity index (χ2n) is 6.54. The number of rotatable bonds is 6. The Labute approximate surface area is 155 Å². The number of carbonyl (C=O) groups is 1. The van der Waals surface area contributed by atoms with Crippen LogP contribution in [0.5, 0.6) is 5.75 Å². The third-order valence-corrected chi connectivity index (χ3v) is 4.49. The smallest absolute Gasteiger partial charge is 0.227 e. The van der Waals surface area contributed by atoms with Gasteiger partial charge >= 0.3 is 0 Å². The Hall–Kier alpha value is -2.59. The zero-order chi connectivity index (χ0) is 18.4. The lowest BCUT2D eigenvalue weighted by atomic mass is 10.1. The highest BCUT2D eigenvalue weighted by Crippen LogP contribution is 2.24. The highest BCUT2D eigenvalue weighted by molar-refractivity contribution is 5.80. The van der Waals surface area contributed by atoms with Crippen LogP contribution in [0.1, 0.15) is 23.6 Å². The molecule has 0 bridgehead atoms. The summed E-state index contributed by atoms with van der Waals surface area (Å²) in [5, 5.41) is 0. The molecule has 1 heterocycles. The topological polar surface area (TPSA) is 38.8 Å². The van der Waals surface area contributed by atoms with Gasteiger partial charge in [-0.3, -0.25) is 4.79 Å². The summed E-state index contributed by atoms with van der Waals surface area (Å²) in [4.78, 5) is 14.6. The van der Waals surface area contributed by atoms with Gasteiger partial charge < -0.3 is 14.4 Å². The van der Waals surface area contributed by atoms with Crippen LogP contribution in [0, 0.1) is 0 Å². The molecular formula is C22H25NO3. The number of carbonyl (C=O) groups excluding carboxylic acids is 1. The van der Waals surface area contributed by atoms with E-state index in [2.05, 4.69) is 6.58 Å². The second kappa shape index (κ2) is 8.68. The zero-order valence-corrected chi connectivity index (χ0v) is 15.2. The fourth-order valence-corrected chi connectivity index (χ4v) is 3.06. The fraction of sp³-hybridized carbons (Fsp3) is 0.318. The van der Waals surface area contributed by atoms with Crippen LogP contribution in [-0.2, 0) is 22.6 Å². The van der Waals surface area contributed by atoms with Gasteiger partial charge in [0.1, 0.15) is 12.4 Å². The number of morpholine rings is 1. The number of hydrogen-bond acceptors (Lipinski definition) is 3. The maximum absolute atomic E-state index is 12.7. The van der Waals surface area contributed by atoms with E-state index in [1.807, 2.05) is 60.4 Å². The summed E-state index contributed by atoms with van der Waals surface area (Å²) in [5.74, 6) is 0.847. The number of ether oxygens (including phenoxy) is 2. The van der Waals surface area contributed by atoms with Gasteiger partial charge in [-0.1, -0.05) is 49.1 Å². The van der Waals surface area contributed by atoms with Crippen molar-refractivity contribution >= 4 is 12.0 Å². The van der Waals surface area contributed by atoms with Gasteiger partial charge in [0.25, 0.3) is 0 Å². The summed E-state index contributed by atoms with van der Waals surface area (Å²) in [6, 6.07) is 15.9. The minimum atomic E-state index is 0.0843. The van der Waals surface area contributed by atoms with E-state index in [9.17, 15) is 4.79 Å². The molecule has 1 amide bonds. The van der Waals surface area contributed by atoms with E-state index < -0.39 is 0 Å². The Morgan fingerprint density at radius 1 is 1.31 bits per heavy atom. The third kappa shape index (κ3) is 4.73. The van der Waals surface area contributed by atoms with Gasteiger partial charge in [0.05, 0.1) is 19.1 Å². The van der Waals surface area contributed by atoms with Crippen LogP contribution in [0.4, 0.5) is 0 Å². The number of amides is 1. The second-order valence-corrected chi connectivity index (χ2v) is 6.54. The van der Waals surface area contributed by atoms with Crippen molar-refractivity contribution in [3.8, 4) is 5.75 Å². The molecule has 136 valence electrons. The predicted octanol–water partition coefficient (Wildman–Crippen LogP) is 3.70. The molecule has 0 aromatic heterocycles. The van der Waals surface area contributed by atoms with E-state index in [0.717, 1.165) is 22.4 Å². The van der Waals surface area contributed by atoms with Gasteiger partial charge in [0.15, 0.2) is 0 Å². The lowest BCUT2D eigenvalue weighted by Crippen LogP contribution is -2.45. The first-order valence-electron chi connectivity index (χ1n) is 8.97. The molecule has 2 aromatic rings. The summed E-state index contributed by atoms with van der Waals surface area (Å²) >= 11 is 0. The Morgan fingerprint density at radius 3 is 2.85 bits per heavy atom. The van der Waals surface area contributed by atoms with Gasteiger partial charge in [-0.05, 0) is 30.2 Å². The molecule has 1 aliphatic rings. The first kappa shape index (κ1) is 18.2. The largest absolute Gasteiger partial charge is 0.489 e. The molecule has 0 N–H and O–H groups in total. The van der Waals surface area contributed by atoms with Crippen molar-refractivity contribution in [2.75, 3.05) is 19.7 Å². The van der Waals surface area contributed by atoms with E-state index in [0.29, 0.717) is 32.7 Å². The van der Waals surface area contributed by atoms with Crippen molar-refractivity contribution in [2.45, 2.75) is 26.1 Å². The fourth-order valence-electron chi connectivity index (χ4n) is 3.06. The molecule has 1 aliphatic heterocycles. The van der Waals surface area contributed by atoms with Gasteiger partial charge in [0.2, 0.25) is 5.91 Å². The normalized spacial score (nSPS) is 17.0. The van der Waals surface area contributed by atoms with Crippen molar-refractivity contribution in [1.82, 2.24) is 4.90 Å². The number of benzene rings is 2. The standard InChI is InChI=1S/C22H25NO3/c1-3-18-9-10-21(26-16-19-7-5-4-6-8-19)20(13-18)14-22(24)23-11-12-25-17(2)15-23/h3-10,13,17H,1,11-12,14-16H2,2H3. The first-order valence-corrected chi connectivity index (χ1v) is 8.97. The van der Waals surface area contributed by atoms with E-state index in [-0.39, 0.29) is 12.0 Å². The van der Waals surface area contributed by atoms with Gasteiger partial charge in [-0.25, -0.2) is 0 Å². The minimum Gasteiger partial charge on any atom is -0.489 e. The predicted molar refractivity (Wildman–Crippen MR) is 103 cm³/mol. The van der Waals surface area contributed by atoms with Crippen molar-refractivity contribution in [1.29, 1.82) is 0 Å². The van der Waals surface area contributed by atoms with Crippen LogP contribution in [0.15, 0.2) is 55.1 Å². The molecule has 1 saturated heterocycles. The van der Waals surface area contributed by atoms with Crippen LogP contribution < -0.4 is 4.74 Å². The highest BCUT2D eigenvalue weighted by atomic mass is 16.5. The van der Waals surface area contributed by atoms with Crippen LogP contribution in [0.2, 0.25) is 0 Å². The maximum Gasteiger partial charge on any atom is 0.227 e. The minimum absolute atomic E-state index is 0.0843. The third-order valence-electron chi connectivity index (χ3n) is 4.49. The SMILES string of the molecule is C=Cc1ccc(OCc2ccccc2)c(CC(=O)N2CCOC(C)C2)c1. The Morgan fingerprint density at radius 2 is 2.12 bits per heavy atom. The van der Waals surface area contributed by atoms with Gasteiger partial charge in [0, 0.05) is 18.7 Å². The summed E-state index contributed by atoms with van der Waals surface area (Å²) in [6.45, 7) is 8.17. The Balaban J connectivity index is 1.73. The van der Waals surface area contributed by atoms with Crippen LogP contribution >= 0.6 is 0 Å². The molecule has 2 aromatic carbocycles. The first-order chi connectivity index (χ1) is 12.7. The summed E-state index contributed by atoms with van der Waals surface area (Å²) in [7, 11) is 0. The lowest BCUT2D eigenvalue weighted by molar-refractivity contribution is -0.137. The average Bonchev–Trinajstić information content (AvgIpc) is 2.67.